The minimum atomic E-state index is -0.241. The molecule has 142 valence electrons. The van der Waals surface area contributed by atoms with E-state index in [1.54, 1.807) is 26.3 Å². The minimum Gasteiger partial charge on any atom is -0.378 e. The number of methoxy groups -OCH3 is 1. The summed E-state index contributed by atoms with van der Waals surface area (Å²) in [6, 6.07) is 6.41. The number of rotatable bonds is 6. The van der Waals surface area contributed by atoms with E-state index in [4.69, 9.17) is 9.47 Å². The highest BCUT2D eigenvalue weighted by Crippen LogP contribution is 2.17. The van der Waals surface area contributed by atoms with E-state index in [2.05, 4.69) is 15.2 Å². The maximum absolute atomic E-state index is 13.1. The molecule has 1 aromatic carbocycles. The van der Waals surface area contributed by atoms with Gasteiger partial charge >= 0.3 is 0 Å². The van der Waals surface area contributed by atoms with E-state index in [0.717, 1.165) is 44.1 Å². The van der Waals surface area contributed by atoms with Gasteiger partial charge in [-0.2, -0.15) is 0 Å². The van der Waals surface area contributed by atoms with Crippen LogP contribution in [0.1, 0.15) is 31.4 Å². The Bertz CT molecular complexity index is 520. The fourth-order valence-electron chi connectivity index (χ4n) is 3.00. The first-order valence-corrected chi connectivity index (χ1v) is 8.53. The lowest BCUT2D eigenvalue weighted by molar-refractivity contribution is 0.0261. The molecular formula is C18H29FIN3O2. The Labute approximate surface area is 167 Å². The quantitative estimate of drug-likeness (QED) is 0.398. The lowest BCUT2D eigenvalue weighted by Gasteiger charge is -2.34. The van der Waals surface area contributed by atoms with Gasteiger partial charge in [-0.25, -0.2) is 4.39 Å². The molecule has 0 aromatic heterocycles. The van der Waals surface area contributed by atoms with Crippen molar-refractivity contribution in [2.45, 2.75) is 32.0 Å². The average molecular weight is 465 g/mol. The van der Waals surface area contributed by atoms with E-state index in [-0.39, 0.29) is 35.9 Å². The Hall–Kier alpha value is -0.930. The van der Waals surface area contributed by atoms with Crippen molar-refractivity contribution in [2.75, 3.05) is 40.4 Å². The van der Waals surface area contributed by atoms with Gasteiger partial charge in [-0.05, 0) is 37.5 Å². The molecule has 1 unspecified atom stereocenters. The van der Waals surface area contributed by atoms with E-state index < -0.39 is 0 Å². The van der Waals surface area contributed by atoms with Crippen molar-refractivity contribution in [3.63, 3.8) is 0 Å². The van der Waals surface area contributed by atoms with Crippen molar-refractivity contribution < 1.29 is 13.9 Å². The summed E-state index contributed by atoms with van der Waals surface area (Å²) in [6.07, 6.45) is 2.24. The summed E-state index contributed by atoms with van der Waals surface area (Å²) in [5.74, 6) is 0.628. The number of halogens is 2. The number of likely N-dealkylation sites (tertiary alicyclic amines) is 1. The third-order valence-electron chi connectivity index (χ3n) is 4.33. The predicted octanol–water partition coefficient (Wildman–Crippen LogP) is 3.21. The highest BCUT2D eigenvalue weighted by Gasteiger charge is 2.22. The van der Waals surface area contributed by atoms with Crippen LogP contribution in [0.25, 0.3) is 0 Å². The first-order valence-electron chi connectivity index (χ1n) is 8.53. The first kappa shape index (κ1) is 22.1. The Morgan fingerprint density at radius 1 is 1.32 bits per heavy atom. The predicted molar refractivity (Wildman–Crippen MR) is 109 cm³/mol. The Morgan fingerprint density at radius 3 is 2.48 bits per heavy atom. The Kier molecular flexibility index (Phi) is 10.3. The normalized spacial score (nSPS) is 17.1. The molecule has 1 N–H and O–H groups in total. The van der Waals surface area contributed by atoms with Crippen LogP contribution in [-0.2, 0) is 9.47 Å². The molecule has 1 heterocycles. The van der Waals surface area contributed by atoms with Crippen LogP contribution in [0.3, 0.4) is 0 Å². The summed E-state index contributed by atoms with van der Waals surface area (Å²) in [7, 11) is 3.45. The average Bonchev–Trinajstić information content (AvgIpc) is 2.61. The van der Waals surface area contributed by atoms with Crippen LogP contribution in [0.2, 0.25) is 0 Å². The van der Waals surface area contributed by atoms with Crippen molar-refractivity contribution in [1.82, 2.24) is 10.2 Å². The number of nitrogens with zero attached hydrogens (tertiary/aromatic N) is 2. The fraction of sp³-hybridized carbons (Fsp3) is 0.611. The third-order valence-corrected chi connectivity index (χ3v) is 4.33. The molecule has 0 saturated carbocycles. The number of nitrogens with one attached hydrogen (secondary N) is 1. The lowest BCUT2D eigenvalue weighted by Crippen LogP contribution is -2.47. The van der Waals surface area contributed by atoms with Crippen LogP contribution >= 0.6 is 24.0 Å². The molecule has 1 saturated heterocycles. The fourth-order valence-corrected chi connectivity index (χ4v) is 3.00. The first-order chi connectivity index (χ1) is 11.7. The molecule has 25 heavy (non-hydrogen) atoms. The highest BCUT2D eigenvalue weighted by molar-refractivity contribution is 14.0. The molecule has 1 fully saturated rings. The molecule has 0 bridgehead atoms. The Morgan fingerprint density at radius 2 is 1.96 bits per heavy atom. The standard InChI is InChI=1S/C18H28FN3O2.HI/c1-4-24-16-9-11-22(12-10-16)18(20-2)21-13-17(23-3)14-5-7-15(19)8-6-14;/h5-8,16-17H,4,9-13H2,1-3H3,(H,20,21);1H. The molecule has 5 nitrogen and oxygen atoms in total. The van der Waals surface area contributed by atoms with Crippen molar-refractivity contribution >= 4 is 29.9 Å². The Balaban J connectivity index is 0.00000312. The molecule has 1 aliphatic rings. The van der Waals surface area contributed by atoms with Gasteiger partial charge in [0.25, 0.3) is 0 Å². The summed E-state index contributed by atoms with van der Waals surface area (Å²) < 4.78 is 24.3. The molecule has 0 spiro atoms. The molecule has 0 radical (unpaired) electrons. The smallest absolute Gasteiger partial charge is 0.193 e. The zero-order chi connectivity index (χ0) is 17.4. The second-order valence-electron chi connectivity index (χ2n) is 5.85. The van der Waals surface area contributed by atoms with E-state index in [0.29, 0.717) is 12.6 Å². The number of piperidine rings is 1. The summed E-state index contributed by atoms with van der Waals surface area (Å²) in [6.45, 7) is 5.25. The highest BCUT2D eigenvalue weighted by atomic mass is 127. The van der Waals surface area contributed by atoms with Gasteiger partial charge in [0.05, 0.1) is 12.2 Å². The van der Waals surface area contributed by atoms with Gasteiger partial charge in [0.1, 0.15) is 5.82 Å². The summed E-state index contributed by atoms with van der Waals surface area (Å²) >= 11 is 0. The van der Waals surface area contributed by atoms with Crippen molar-refractivity contribution in [1.29, 1.82) is 0 Å². The van der Waals surface area contributed by atoms with E-state index in [1.165, 1.54) is 12.1 Å². The lowest BCUT2D eigenvalue weighted by atomic mass is 10.1. The third kappa shape index (κ3) is 6.71. The maximum Gasteiger partial charge on any atom is 0.193 e. The van der Waals surface area contributed by atoms with Gasteiger partial charge in [-0.3, -0.25) is 4.99 Å². The number of ether oxygens (including phenoxy) is 2. The van der Waals surface area contributed by atoms with Crippen LogP contribution in [0.5, 0.6) is 0 Å². The van der Waals surface area contributed by atoms with Crippen LogP contribution in [0, 0.1) is 5.82 Å². The number of hydrogen-bond donors (Lipinski definition) is 1. The summed E-state index contributed by atoms with van der Waals surface area (Å²) in [5, 5.41) is 3.37. The molecule has 1 aromatic rings. The summed E-state index contributed by atoms with van der Waals surface area (Å²) in [5.41, 5.74) is 0.942. The minimum absolute atomic E-state index is 0. The maximum atomic E-state index is 13.1. The van der Waals surface area contributed by atoms with Crippen LogP contribution in [0.4, 0.5) is 4.39 Å². The van der Waals surface area contributed by atoms with Gasteiger partial charge in [0.15, 0.2) is 5.96 Å². The summed E-state index contributed by atoms with van der Waals surface area (Å²) in [4.78, 5) is 6.61. The molecule has 1 atom stereocenters. The number of hydrogen-bond acceptors (Lipinski definition) is 3. The SMILES string of the molecule is CCOC1CCN(C(=NC)NCC(OC)c2ccc(F)cc2)CC1.I. The van der Waals surface area contributed by atoms with Gasteiger partial charge in [-0.15, -0.1) is 24.0 Å². The van der Waals surface area contributed by atoms with Gasteiger partial charge in [0.2, 0.25) is 0 Å². The second kappa shape index (κ2) is 11.6. The molecule has 7 heteroatoms. The van der Waals surface area contributed by atoms with Crippen LogP contribution < -0.4 is 5.32 Å². The number of aliphatic imine (C=N–C) groups is 1. The molecule has 2 rings (SSSR count). The van der Waals surface area contributed by atoms with Crippen molar-refractivity contribution in [2.24, 2.45) is 4.99 Å². The largest absolute Gasteiger partial charge is 0.378 e. The van der Waals surface area contributed by atoms with Crippen LogP contribution in [-0.4, -0.2) is 57.4 Å². The topological polar surface area (TPSA) is 46.1 Å². The zero-order valence-electron chi connectivity index (χ0n) is 15.2. The molecule has 1 aliphatic heterocycles. The van der Waals surface area contributed by atoms with E-state index >= 15 is 0 Å². The molecular weight excluding hydrogens is 436 g/mol. The van der Waals surface area contributed by atoms with Gasteiger partial charge < -0.3 is 19.7 Å². The second-order valence-corrected chi connectivity index (χ2v) is 5.85. The van der Waals surface area contributed by atoms with Gasteiger partial charge in [0, 0.05) is 40.4 Å². The molecule has 0 aliphatic carbocycles. The number of benzene rings is 1. The van der Waals surface area contributed by atoms with Crippen LogP contribution in [0.15, 0.2) is 29.3 Å². The van der Waals surface area contributed by atoms with Gasteiger partial charge in [-0.1, -0.05) is 12.1 Å². The van der Waals surface area contributed by atoms with E-state index in [9.17, 15) is 4.39 Å². The number of guanidine groups is 1. The molecule has 0 amide bonds. The van der Waals surface area contributed by atoms with Crippen molar-refractivity contribution in [3.8, 4) is 0 Å². The monoisotopic (exact) mass is 465 g/mol. The zero-order valence-corrected chi connectivity index (χ0v) is 17.5. The van der Waals surface area contributed by atoms with Crippen molar-refractivity contribution in [3.05, 3.63) is 35.6 Å². The van der Waals surface area contributed by atoms with E-state index in [1.807, 2.05) is 6.92 Å².